The van der Waals surface area contributed by atoms with Gasteiger partial charge in [0.05, 0.1) is 7.11 Å². The van der Waals surface area contributed by atoms with E-state index < -0.39 is 0 Å². The van der Waals surface area contributed by atoms with E-state index in [9.17, 15) is 4.79 Å². The zero-order valence-corrected chi connectivity index (χ0v) is 13.1. The molecule has 1 saturated heterocycles. The Balaban J connectivity index is 0.00000200. The molecule has 0 saturated carbocycles. The van der Waals surface area contributed by atoms with E-state index in [1.807, 2.05) is 26.0 Å². The van der Waals surface area contributed by atoms with E-state index in [1.54, 1.807) is 7.11 Å². The Morgan fingerprint density at radius 3 is 2.55 bits per heavy atom. The normalized spacial score (nSPS) is 15.3. The summed E-state index contributed by atoms with van der Waals surface area (Å²) >= 11 is 0. The van der Waals surface area contributed by atoms with Crippen molar-refractivity contribution in [1.29, 1.82) is 0 Å². The summed E-state index contributed by atoms with van der Waals surface area (Å²) in [6.45, 7) is 5.83. The van der Waals surface area contributed by atoms with Gasteiger partial charge in [0, 0.05) is 17.2 Å². The van der Waals surface area contributed by atoms with Crippen molar-refractivity contribution in [3.63, 3.8) is 0 Å². The van der Waals surface area contributed by atoms with Crippen LogP contribution in [0.5, 0.6) is 5.75 Å². The van der Waals surface area contributed by atoms with Crippen molar-refractivity contribution in [2.45, 2.75) is 26.7 Å². The second-order valence-electron chi connectivity index (χ2n) is 5.10. The topological polar surface area (TPSA) is 50.4 Å². The molecule has 1 heterocycles. The minimum absolute atomic E-state index is 0. The third kappa shape index (κ3) is 3.64. The number of methoxy groups -OCH3 is 1. The first-order valence-corrected chi connectivity index (χ1v) is 6.79. The molecule has 0 aromatic heterocycles. The molecule has 1 aromatic carbocycles. The van der Waals surface area contributed by atoms with Crippen molar-refractivity contribution >= 4 is 24.0 Å². The number of carbonyl (C=O) groups is 1. The highest BCUT2D eigenvalue weighted by Gasteiger charge is 2.21. The van der Waals surface area contributed by atoms with Gasteiger partial charge in [0.1, 0.15) is 5.75 Å². The van der Waals surface area contributed by atoms with E-state index in [2.05, 4.69) is 10.6 Å². The molecule has 1 fully saturated rings. The lowest BCUT2D eigenvalue weighted by molar-refractivity contribution is -0.120. The smallest absolute Gasteiger partial charge is 0.227 e. The summed E-state index contributed by atoms with van der Waals surface area (Å²) < 4.78 is 5.38. The third-order valence-electron chi connectivity index (χ3n) is 3.77. The number of amides is 1. The number of carbonyl (C=O) groups excluding carboxylic acids is 1. The van der Waals surface area contributed by atoms with Crippen LogP contribution in [0.2, 0.25) is 0 Å². The summed E-state index contributed by atoms with van der Waals surface area (Å²) in [5.74, 6) is 1.09. The second kappa shape index (κ2) is 7.50. The first-order chi connectivity index (χ1) is 9.13. The quantitative estimate of drug-likeness (QED) is 0.902. The lowest BCUT2D eigenvalue weighted by Crippen LogP contribution is -2.34. The van der Waals surface area contributed by atoms with Crippen molar-refractivity contribution in [3.8, 4) is 5.75 Å². The molecule has 5 heteroatoms. The van der Waals surface area contributed by atoms with E-state index in [4.69, 9.17) is 4.74 Å². The van der Waals surface area contributed by atoms with Crippen LogP contribution in [-0.2, 0) is 4.79 Å². The Morgan fingerprint density at radius 2 is 1.95 bits per heavy atom. The van der Waals surface area contributed by atoms with Crippen molar-refractivity contribution in [2.75, 3.05) is 25.5 Å². The van der Waals surface area contributed by atoms with Crippen molar-refractivity contribution in [2.24, 2.45) is 5.92 Å². The third-order valence-corrected chi connectivity index (χ3v) is 3.77. The zero-order valence-electron chi connectivity index (χ0n) is 12.3. The fraction of sp³-hybridized carbons (Fsp3) is 0.533. The van der Waals surface area contributed by atoms with Crippen LogP contribution in [0.3, 0.4) is 0 Å². The number of benzene rings is 1. The summed E-state index contributed by atoms with van der Waals surface area (Å²) in [4.78, 5) is 12.2. The van der Waals surface area contributed by atoms with Crippen LogP contribution in [0, 0.1) is 19.8 Å². The molecule has 1 aliphatic rings. The number of nitrogens with one attached hydrogen (secondary N) is 2. The van der Waals surface area contributed by atoms with Crippen LogP contribution in [-0.4, -0.2) is 26.1 Å². The fourth-order valence-electron chi connectivity index (χ4n) is 2.60. The first kappa shape index (κ1) is 16.8. The van der Waals surface area contributed by atoms with Crippen LogP contribution >= 0.6 is 12.4 Å². The summed E-state index contributed by atoms with van der Waals surface area (Å²) in [7, 11) is 1.66. The van der Waals surface area contributed by atoms with Crippen LogP contribution in [0.4, 0.5) is 5.69 Å². The number of rotatable bonds is 3. The Hall–Kier alpha value is -1.26. The molecular formula is C15H23ClN2O2. The number of hydrogen-bond donors (Lipinski definition) is 2. The lowest BCUT2D eigenvalue weighted by atomic mass is 9.97. The van der Waals surface area contributed by atoms with E-state index in [0.29, 0.717) is 0 Å². The first-order valence-electron chi connectivity index (χ1n) is 6.79. The molecule has 20 heavy (non-hydrogen) atoms. The largest absolute Gasteiger partial charge is 0.496 e. The molecule has 1 aromatic rings. The summed E-state index contributed by atoms with van der Waals surface area (Å²) in [5, 5.41) is 6.31. The van der Waals surface area contributed by atoms with Crippen molar-refractivity contribution in [3.05, 3.63) is 23.3 Å². The molecule has 0 spiro atoms. The molecule has 0 aliphatic carbocycles. The van der Waals surface area contributed by atoms with Gasteiger partial charge in [-0.2, -0.15) is 0 Å². The van der Waals surface area contributed by atoms with Crippen LogP contribution in [0.15, 0.2) is 12.1 Å². The number of aryl methyl sites for hydroxylation is 1. The summed E-state index contributed by atoms with van der Waals surface area (Å²) in [6, 6.07) is 3.93. The van der Waals surface area contributed by atoms with Gasteiger partial charge in [0.25, 0.3) is 0 Å². The summed E-state index contributed by atoms with van der Waals surface area (Å²) in [5.41, 5.74) is 2.93. The predicted molar refractivity (Wildman–Crippen MR) is 83.9 cm³/mol. The maximum absolute atomic E-state index is 12.2. The van der Waals surface area contributed by atoms with Gasteiger partial charge in [-0.25, -0.2) is 0 Å². The Kier molecular flexibility index (Phi) is 6.30. The Labute approximate surface area is 126 Å². The monoisotopic (exact) mass is 298 g/mol. The van der Waals surface area contributed by atoms with Gasteiger partial charge < -0.3 is 15.4 Å². The van der Waals surface area contributed by atoms with Gasteiger partial charge in [-0.3, -0.25) is 4.79 Å². The minimum Gasteiger partial charge on any atom is -0.496 e. The van der Waals surface area contributed by atoms with Gasteiger partial charge in [-0.05, 0) is 51.4 Å². The summed E-state index contributed by atoms with van der Waals surface area (Å²) in [6.07, 6.45) is 1.82. The second-order valence-corrected chi connectivity index (χ2v) is 5.10. The van der Waals surface area contributed by atoms with Crippen molar-refractivity contribution < 1.29 is 9.53 Å². The Bertz CT molecular complexity index is 471. The highest BCUT2D eigenvalue weighted by atomic mass is 35.5. The van der Waals surface area contributed by atoms with E-state index in [0.717, 1.165) is 48.5 Å². The number of halogens is 1. The lowest BCUT2D eigenvalue weighted by Gasteiger charge is -2.22. The minimum atomic E-state index is 0. The molecule has 1 amide bonds. The van der Waals surface area contributed by atoms with Gasteiger partial charge in [-0.1, -0.05) is 6.07 Å². The molecule has 0 radical (unpaired) electrons. The fourth-order valence-corrected chi connectivity index (χ4v) is 2.60. The SMILES string of the molecule is COc1c(C)ccc(NC(=O)C2CCNCC2)c1C.Cl. The van der Waals surface area contributed by atoms with Crippen LogP contribution in [0.25, 0.3) is 0 Å². The van der Waals surface area contributed by atoms with Gasteiger partial charge in [0.15, 0.2) is 0 Å². The molecule has 4 nitrogen and oxygen atoms in total. The van der Waals surface area contributed by atoms with E-state index >= 15 is 0 Å². The van der Waals surface area contributed by atoms with Gasteiger partial charge in [-0.15, -0.1) is 12.4 Å². The maximum Gasteiger partial charge on any atom is 0.227 e. The van der Waals surface area contributed by atoms with Gasteiger partial charge in [0.2, 0.25) is 5.91 Å². The maximum atomic E-state index is 12.2. The zero-order chi connectivity index (χ0) is 13.8. The van der Waals surface area contributed by atoms with E-state index in [-0.39, 0.29) is 24.2 Å². The van der Waals surface area contributed by atoms with Crippen LogP contribution in [0.1, 0.15) is 24.0 Å². The molecule has 2 N–H and O–H groups in total. The molecule has 0 bridgehead atoms. The number of hydrogen-bond acceptors (Lipinski definition) is 3. The highest BCUT2D eigenvalue weighted by Crippen LogP contribution is 2.29. The highest BCUT2D eigenvalue weighted by molar-refractivity contribution is 5.93. The van der Waals surface area contributed by atoms with Gasteiger partial charge >= 0.3 is 0 Å². The standard InChI is InChI=1S/C15H22N2O2.ClH/c1-10-4-5-13(11(2)14(10)19-3)17-15(18)12-6-8-16-9-7-12;/h4-5,12,16H,6-9H2,1-3H3,(H,17,18);1H. The molecule has 2 rings (SSSR count). The number of anilines is 1. The van der Waals surface area contributed by atoms with Crippen molar-refractivity contribution in [1.82, 2.24) is 5.32 Å². The average molecular weight is 299 g/mol. The van der Waals surface area contributed by atoms with Crippen LogP contribution < -0.4 is 15.4 Å². The predicted octanol–water partition coefficient (Wildman–Crippen LogP) is 2.67. The molecule has 0 unspecified atom stereocenters. The molecule has 112 valence electrons. The average Bonchev–Trinajstić information content (AvgIpc) is 2.43. The number of ether oxygens (including phenoxy) is 1. The molecule has 0 atom stereocenters. The number of piperidine rings is 1. The van der Waals surface area contributed by atoms with E-state index in [1.165, 1.54) is 0 Å². The molecule has 1 aliphatic heterocycles. The molecular weight excluding hydrogens is 276 g/mol. The Morgan fingerprint density at radius 1 is 1.30 bits per heavy atom.